The van der Waals surface area contributed by atoms with E-state index in [0.717, 1.165) is 0 Å². The standard InChI is InChI=1S/C14H13NO4S/c1-2-18-14(17)12(10-5-3-7-15-9-10)19-13(16)11-6-4-8-20-11/h3-9,12H,2H2,1H3/t12-/m1/s1. The molecule has 5 nitrogen and oxygen atoms in total. The van der Waals surface area contributed by atoms with Crippen molar-refractivity contribution in [1.29, 1.82) is 0 Å². The van der Waals surface area contributed by atoms with Gasteiger partial charge < -0.3 is 9.47 Å². The first-order valence-electron chi connectivity index (χ1n) is 6.03. The summed E-state index contributed by atoms with van der Waals surface area (Å²) in [6.45, 7) is 1.91. The SMILES string of the molecule is CCOC(=O)[C@H](OC(=O)c1cccs1)c1cccnc1. The number of hydrogen-bond donors (Lipinski definition) is 0. The molecule has 0 saturated heterocycles. The summed E-state index contributed by atoms with van der Waals surface area (Å²) in [4.78, 5) is 28.2. The van der Waals surface area contributed by atoms with Crippen molar-refractivity contribution in [2.24, 2.45) is 0 Å². The summed E-state index contributed by atoms with van der Waals surface area (Å²) in [5.41, 5.74) is 0.482. The van der Waals surface area contributed by atoms with Crippen molar-refractivity contribution in [2.45, 2.75) is 13.0 Å². The molecule has 0 aromatic carbocycles. The number of aromatic nitrogens is 1. The number of esters is 2. The zero-order valence-corrected chi connectivity index (χ0v) is 11.6. The molecular weight excluding hydrogens is 278 g/mol. The van der Waals surface area contributed by atoms with E-state index in [4.69, 9.17) is 9.47 Å². The van der Waals surface area contributed by atoms with Gasteiger partial charge in [0.05, 0.1) is 6.61 Å². The van der Waals surface area contributed by atoms with E-state index in [0.29, 0.717) is 10.4 Å². The summed E-state index contributed by atoms with van der Waals surface area (Å²) < 4.78 is 10.2. The Hall–Kier alpha value is -2.21. The van der Waals surface area contributed by atoms with Crippen molar-refractivity contribution >= 4 is 23.3 Å². The number of carbonyl (C=O) groups excluding carboxylic acids is 2. The zero-order chi connectivity index (χ0) is 14.4. The first-order valence-corrected chi connectivity index (χ1v) is 6.91. The Morgan fingerprint density at radius 2 is 2.20 bits per heavy atom. The van der Waals surface area contributed by atoms with Crippen LogP contribution in [-0.4, -0.2) is 23.5 Å². The molecular formula is C14H13NO4S. The smallest absolute Gasteiger partial charge is 0.352 e. The van der Waals surface area contributed by atoms with E-state index in [2.05, 4.69) is 4.98 Å². The van der Waals surface area contributed by atoms with Crippen LogP contribution in [0.1, 0.15) is 28.3 Å². The second-order valence-electron chi connectivity index (χ2n) is 3.80. The number of hydrogen-bond acceptors (Lipinski definition) is 6. The number of pyridine rings is 1. The molecule has 104 valence electrons. The fourth-order valence-corrected chi connectivity index (χ4v) is 2.17. The van der Waals surface area contributed by atoms with Crippen LogP contribution >= 0.6 is 11.3 Å². The van der Waals surface area contributed by atoms with Gasteiger partial charge in [0.1, 0.15) is 4.88 Å². The van der Waals surface area contributed by atoms with E-state index in [-0.39, 0.29) is 6.61 Å². The molecule has 6 heteroatoms. The average Bonchev–Trinajstić information content (AvgIpc) is 3.00. The van der Waals surface area contributed by atoms with Gasteiger partial charge in [0.15, 0.2) is 0 Å². The van der Waals surface area contributed by atoms with Crippen LogP contribution in [-0.2, 0) is 14.3 Å². The lowest BCUT2D eigenvalue weighted by molar-refractivity contribution is -0.153. The van der Waals surface area contributed by atoms with Crippen molar-refractivity contribution in [2.75, 3.05) is 6.61 Å². The number of nitrogens with zero attached hydrogens (tertiary/aromatic N) is 1. The van der Waals surface area contributed by atoms with E-state index < -0.39 is 18.0 Å². The molecule has 0 N–H and O–H groups in total. The van der Waals surface area contributed by atoms with E-state index in [1.54, 1.807) is 42.8 Å². The van der Waals surface area contributed by atoms with Crippen LogP contribution < -0.4 is 0 Å². The topological polar surface area (TPSA) is 65.5 Å². The summed E-state index contributed by atoms with van der Waals surface area (Å²) in [5.74, 6) is -1.16. The maximum Gasteiger partial charge on any atom is 0.352 e. The normalized spacial score (nSPS) is 11.7. The number of carbonyl (C=O) groups is 2. The molecule has 0 unspecified atom stereocenters. The minimum Gasteiger partial charge on any atom is -0.463 e. The van der Waals surface area contributed by atoms with Crippen molar-refractivity contribution < 1.29 is 19.1 Å². The summed E-state index contributed by atoms with van der Waals surface area (Å²) in [6, 6.07) is 6.71. The van der Waals surface area contributed by atoms with Crippen LogP contribution in [0, 0.1) is 0 Å². The van der Waals surface area contributed by atoms with Gasteiger partial charge >= 0.3 is 11.9 Å². The van der Waals surface area contributed by atoms with Crippen LogP contribution in [0.4, 0.5) is 0 Å². The average molecular weight is 291 g/mol. The summed E-state index contributed by atoms with van der Waals surface area (Å²) >= 11 is 1.25. The molecule has 0 fully saturated rings. The van der Waals surface area contributed by atoms with Gasteiger partial charge in [-0.2, -0.15) is 0 Å². The van der Waals surface area contributed by atoms with E-state index in [1.165, 1.54) is 17.5 Å². The van der Waals surface area contributed by atoms with E-state index in [9.17, 15) is 9.59 Å². The molecule has 0 aliphatic heterocycles. The molecule has 2 aromatic heterocycles. The Labute approximate surface area is 120 Å². The second kappa shape index (κ2) is 6.81. The van der Waals surface area contributed by atoms with Gasteiger partial charge in [-0.15, -0.1) is 11.3 Å². The Morgan fingerprint density at radius 1 is 1.35 bits per heavy atom. The molecule has 0 aliphatic carbocycles. The molecule has 2 aromatic rings. The maximum absolute atomic E-state index is 12.0. The van der Waals surface area contributed by atoms with Gasteiger partial charge in [0.2, 0.25) is 6.10 Å². The molecule has 0 saturated carbocycles. The molecule has 2 rings (SSSR count). The van der Waals surface area contributed by atoms with Gasteiger partial charge in [0.25, 0.3) is 0 Å². The third-order valence-corrected chi connectivity index (χ3v) is 3.28. The first-order chi connectivity index (χ1) is 9.72. The molecule has 0 spiro atoms. The van der Waals surface area contributed by atoms with E-state index in [1.807, 2.05) is 0 Å². The third-order valence-electron chi connectivity index (χ3n) is 2.44. The minimum absolute atomic E-state index is 0.214. The number of thiophene rings is 1. The Balaban J connectivity index is 2.19. The summed E-state index contributed by atoms with van der Waals surface area (Å²) in [7, 11) is 0. The van der Waals surface area contributed by atoms with Gasteiger partial charge in [0, 0.05) is 18.0 Å². The van der Waals surface area contributed by atoms with E-state index >= 15 is 0 Å². The largest absolute Gasteiger partial charge is 0.463 e. The van der Waals surface area contributed by atoms with Crippen LogP contribution in [0.25, 0.3) is 0 Å². The number of rotatable bonds is 5. The fourth-order valence-electron chi connectivity index (χ4n) is 1.56. The van der Waals surface area contributed by atoms with Crippen LogP contribution in [0.5, 0.6) is 0 Å². The van der Waals surface area contributed by atoms with Gasteiger partial charge in [-0.05, 0) is 24.4 Å². The molecule has 0 radical (unpaired) electrons. The number of ether oxygens (including phenoxy) is 2. The second-order valence-corrected chi connectivity index (χ2v) is 4.75. The van der Waals surface area contributed by atoms with Crippen LogP contribution in [0.2, 0.25) is 0 Å². The van der Waals surface area contributed by atoms with Crippen LogP contribution in [0.15, 0.2) is 42.0 Å². The van der Waals surface area contributed by atoms with Crippen molar-refractivity contribution in [3.05, 3.63) is 52.5 Å². The van der Waals surface area contributed by atoms with Gasteiger partial charge in [-0.1, -0.05) is 12.1 Å². The molecule has 20 heavy (non-hydrogen) atoms. The lowest BCUT2D eigenvalue weighted by Gasteiger charge is -2.15. The minimum atomic E-state index is -1.10. The van der Waals surface area contributed by atoms with Gasteiger partial charge in [-0.25, -0.2) is 9.59 Å². The third kappa shape index (κ3) is 3.42. The predicted molar refractivity (Wildman–Crippen MR) is 73.3 cm³/mol. The monoisotopic (exact) mass is 291 g/mol. The highest BCUT2D eigenvalue weighted by Gasteiger charge is 2.27. The van der Waals surface area contributed by atoms with Crippen LogP contribution in [0.3, 0.4) is 0 Å². The molecule has 2 heterocycles. The highest BCUT2D eigenvalue weighted by Crippen LogP contribution is 2.21. The quantitative estimate of drug-likeness (QED) is 0.792. The predicted octanol–water partition coefficient (Wildman–Crippen LogP) is 2.60. The Bertz CT molecular complexity index is 568. The maximum atomic E-state index is 12.0. The lowest BCUT2D eigenvalue weighted by atomic mass is 10.1. The van der Waals surface area contributed by atoms with Crippen molar-refractivity contribution in [3.8, 4) is 0 Å². The van der Waals surface area contributed by atoms with Crippen molar-refractivity contribution in [3.63, 3.8) is 0 Å². The fraction of sp³-hybridized carbons (Fsp3) is 0.214. The Morgan fingerprint density at radius 3 is 2.80 bits per heavy atom. The molecule has 1 atom stereocenters. The molecule has 0 amide bonds. The highest BCUT2D eigenvalue weighted by molar-refractivity contribution is 7.11. The van der Waals surface area contributed by atoms with Gasteiger partial charge in [-0.3, -0.25) is 4.98 Å². The molecule has 0 aliphatic rings. The first kappa shape index (κ1) is 14.2. The summed E-state index contributed by atoms with van der Waals surface area (Å²) in [6.07, 6.45) is 1.95. The zero-order valence-electron chi connectivity index (χ0n) is 10.8. The summed E-state index contributed by atoms with van der Waals surface area (Å²) in [5, 5.41) is 1.76. The Kier molecular flexibility index (Phi) is 4.84. The highest BCUT2D eigenvalue weighted by atomic mass is 32.1. The lowest BCUT2D eigenvalue weighted by Crippen LogP contribution is -2.22. The van der Waals surface area contributed by atoms with Crippen molar-refractivity contribution in [1.82, 2.24) is 4.98 Å². The molecule has 0 bridgehead atoms.